The van der Waals surface area contributed by atoms with Gasteiger partial charge in [0.25, 0.3) is 0 Å². The fraction of sp³-hybridized carbons (Fsp3) is 0.395. The van der Waals surface area contributed by atoms with Crippen LogP contribution in [-0.4, -0.2) is 56.1 Å². The van der Waals surface area contributed by atoms with E-state index in [4.69, 9.17) is 14.5 Å². The first-order valence-corrected chi connectivity index (χ1v) is 16.2. The van der Waals surface area contributed by atoms with Crippen molar-refractivity contribution < 1.29 is 29.3 Å². The summed E-state index contributed by atoms with van der Waals surface area (Å²) in [6.45, 7) is 5.05. The zero-order valence-electron chi connectivity index (χ0n) is 27.0. The molecule has 3 aromatic carbocycles. The van der Waals surface area contributed by atoms with Crippen LogP contribution in [0, 0.1) is 0 Å². The van der Waals surface area contributed by atoms with Gasteiger partial charge in [0.2, 0.25) is 0 Å². The zero-order valence-corrected chi connectivity index (χ0v) is 27.0. The van der Waals surface area contributed by atoms with Crippen molar-refractivity contribution in [1.29, 1.82) is 0 Å². The molecule has 0 aliphatic heterocycles. The van der Waals surface area contributed by atoms with E-state index in [0.29, 0.717) is 19.3 Å². The summed E-state index contributed by atoms with van der Waals surface area (Å²) in [6.07, 6.45) is 3.44. The maximum atomic E-state index is 12.9. The number of rotatable bonds is 17. The van der Waals surface area contributed by atoms with Gasteiger partial charge in [-0.2, -0.15) is 0 Å². The predicted octanol–water partition coefficient (Wildman–Crippen LogP) is 6.21. The molecular formula is C38H46N2O6. The van der Waals surface area contributed by atoms with E-state index in [1.165, 1.54) is 6.92 Å². The lowest BCUT2D eigenvalue weighted by molar-refractivity contribution is -0.151. The van der Waals surface area contributed by atoms with Crippen LogP contribution in [0.1, 0.15) is 81.7 Å². The highest BCUT2D eigenvalue weighted by Crippen LogP contribution is 2.40. The molecular weight excluding hydrogens is 580 g/mol. The molecule has 4 unspecified atom stereocenters. The summed E-state index contributed by atoms with van der Waals surface area (Å²) >= 11 is 0. The molecule has 4 atom stereocenters. The molecule has 1 aromatic heterocycles. The number of imidazole rings is 1. The van der Waals surface area contributed by atoms with Crippen LogP contribution in [0.5, 0.6) is 0 Å². The van der Waals surface area contributed by atoms with Gasteiger partial charge in [0, 0.05) is 38.8 Å². The van der Waals surface area contributed by atoms with Crippen LogP contribution in [0.15, 0.2) is 104 Å². The number of ether oxygens (including phenoxy) is 2. The number of nitrogens with zero attached hydrogens (tertiary/aromatic N) is 2. The normalized spacial score (nSPS) is 14.2. The number of aliphatic hydroxyl groups excluding tert-OH is 2. The molecule has 0 amide bonds. The minimum atomic E-state index is -0.857. The molecule has 0 bridgehead atoms. The minimum Gasteiger partial charge on any atom is -0.462 e. The van der Waals surface area contributed by atoms with Gasteiger partial charge in [0.1, 0.15) is 17.7 Å². The topological polar surface area (TPSA) is 111 Å². The first kappa shape index (κ1) is 34.6. The van der Waals surface area contributed by atoms with Crippen molar-refractivity contribution in [3.8, 4) is 0 Å². The highest BCUT2D eigenvalue weighted by Gasteiger charge is 2.38. The van der Waals surface area contributed by atoms with Crippen LogP contribution in [0.4, 0.5) is 0 Å². The Morgan fingerprint density at radius 1 is 0.739 bits per heavy atom. The Morgan fingerprint density at radius 2 is 1.24 bits per heavy atom. The van der Waals surface area contributed by atoms with E-state index < -0.39 is 35.9 Å². The zero-order chi connectivity index (χ0) is 32.9. The van der Waals surface area contributed by atoms with Gasteiger partial charge in [-0.1, -0.05) is 105 Å². The van der Waals surface area contributed by atoms with Crippen LogP contribution in [0.3, 0.4) is 0 Å². The first-order valence-electron chi connectivity index (χ1n) is 16.2. The van der Waals surface area contributed by atoms with Crippen molar-refractivity contribution in [3.05, 3.63) is 126 Å². The van der Waals surface area contributed by atoms with Gasteiger partial charge in [0.15, 0.2) is 0 Å². The quantitative estimate of drug-likeness (QED) is 0.106. The second-order valence-electron chi connectivity index (χ2n) is 11.8. The molecule has 244 valence electrons. The Bertz CT molecular complexity index is 1390. The SMILES string of the molecule is CCC(O)CC(CC(O)CC(CC)OC(=O)CCc1cn(C(c2ccccc2)(c2ccccc2)c2ccccc2)cn1)OC(C)=O. The van der Waals surface area contributed by atoms with Crippen LogP contribution >= 0.6 is 0 Å². The van der Waals surface area contributed by atoms with Crippen LogP contribution in [-0.2, 0) is 31.0 Å². The van der Waals surface area contributed by atoms with Gasteiger partial charge in [-0.15, -0.1) is 0 Å². The number of carbonyl (C=O) groups is 2. The Kier molecular flexibility index (Phi) is 12.7. The molecule has 8 nitrogen and oxygen atoms in total. The Morgan fingerprint density at radius 3 is 1.72 bits per heavy atom. The summed E-state index contributed by atoms with van der Waals surface area (Å²) in [5, 5.41) is 20.7. The molecule has 4 aromatic rings. The molecule has 8 heteroatoms. The van der Waals surface area contributed by atoms with E-state index >= 15 is 0 Å². The monoisotopic (exact) mass is 626 g/mol. The van der Waals surface area contributed by atoms with Crippen LogP contribution < -0.4 is 0 Å². The van der Waals surface area contributed by atoms with Gasteiger partial charge in [-0.05, 0) is 29.5 Å². The van der Waals surface area contributed by atoms with Crippen molar-refractivity contribution >= 4 is 11.9 Å². The molecule has 0 radical (unpaired) electrons. The van der Waals surface area contributed by atoms with Crippen molar-refractivity contribution in [2.24, 2.45) is 0 Å². The number of carbonyl (C=O) groups excluding carboxylic acids is 2. The number of aryl methyl sites for hydroxylation is 1. The van der Waals surface area contributed by atoms with Crippen molar-refractivity contribution in [1.82, 2.24) is 9.55 Å². The third-order valence-electron chi connectivity index (χ3n) is 8.35. The van der Waals surface area contributed by atoms with E-state index in [-0.39, 0.29) is 31.7 Å². The van der Waals surface area contributed by atoms with Gasteiger partial charge in [0.05, 0.1) is 30.7 Å². The molecule has 1 heterocycles. The highest BCUT2D eigenvalue weighted by molar-refractivity contribution is 5.69. The Hall–Kier alpha value is -4.27. The fourth-order valence-electron chi connectivity index (χ4n) is 6.03. The number of hydrogen-bond donors (Lipinski definition) is 2. The lowest BCUT2D eigenvalue weighted by Gasteiger charge is -2.37. The number of aliphatic hydroxyl groups is 2. The number of benzene rings is 3. The molecule has 0 aliphatic rings. The van der Waals surface area contributed by atoms with E-state index in [2.05, 4.69) is 41.0 Å². The Labute approximate surface area is 272 Å². The van der Waals surface area contributed by atoms with E-state index in [0.717, 1.165) is 22.4 Å². The minimum absolute atomic E-state index is 0.136. The van der Waals surface area contributed by atoms with Gasteiger partial charge in [-0.25, -0.2) is 4.98 Å². The van der Waals surface area contributed by atoms with Crippen LogP contribution in [0.25, 0.3) is 0 Å². The molecule has 0 saturated heterocycles. The van der Waals surface area contributed by atoms with Gasteiger partial charge in [-0.3, -0.25) is 9.59 Å². The van der Waals surface area contributed by atoms with E-state index in [9.17, 15) is 19.8 Å². The molecule has 0 spiro atoms. The molecule has 2 N–H and O–H groups in total. The van der Waals surface area contributed by atoms with Gasteiger partial charge < -0.3 is 24.3 Å². The highest BCUT2D eigenvalue weighted by atomic mass is 16.5. The summed E-state index contributed by atoms with van der Waals surface area (Å²) in [7, 11) is 0. The third-order valence-corrected chi connectivity index (χ3v) is 8.35. The maximum Gasteiger partial charge on any atom is 0.306 e. The summed E-state index contributed by atoms with van der Waals surface area (Å²) in [5.41, 5.74) is 3.33. The van der Waals surface area contributed by atoms with E-state index in [1.54, 1.807) is 0 Å². The van der Waals surface area contributed by atoms with Crippen LogP contribution in [0.2, 0.25) is 0 Å². The average Bonchev–Trinajstić information content (AvgIpc) is 3.54. The summed E-state index contributed by atoms with van der Waals surface area (Å²) in [6, 6.07) is 31.0. The molecule has 46 heavy (non-hydrogen) atoms. The molecule has 4 rings (SSSR count). The first-order chi connectivity index (χ1) is 22.3. The van der Waals surface area contributed by atoms with Gasteiger partial charge >= 0.3 is 11.9 Å². The second-order valence-corrected chi connectivity index (χ2v) is 11.8. The van der Waals surface area contributed by atoms with E-state index in [1.807, 2.05) is 81.0 Å². The molecule has 0 saturated carbocycles. The van der Waals surface area contributed by atoms with Crippen molar-refractivity contribution in [3.63, 3.8) is 0 Å². The standard InChI is InChI=1S/C38H46N2O6/c1-4-33(42)23-36(45-28(3)41)25-34(43)24-35(5-2)46-37(44)22-21-32-26-40(27-39-32)38(29-15-9-6-10-16-29,30-17-11-7-12-18-30)31-19-13-8-14-20-31/h6-20,26-27,33-36,42-43H,4-5,21-25H2,1-3H3. The number of aromatic nitrogens is 2. The fourth-order valence-corrected chi connectivity index (χ4v) is 6.03. The van der Waals surface area contributed by atoms with Crippen molar-refractivity contribution in [2.45, 2.75) is 95.7 Å². The summed E-state index contributed by atoms with van der Waals surface area (Å²) in [5.74, 6) is -0.832. The summed E-state index contributed by atoms with van der Waals surface area (Å²) in [4.78, 5) is 29.2. The summed E-state index contributed by atoms with van der Waals surface area (Å²) < 4.78 is 13.2. The lowest BCUT2D eigenvalue weighted by atomic mass is 9.77. The average molecular weight is 627 g/mol. The number of hydrogen-bond acceptors (Lipinski definition) is 7. The largest absolute Gasteiger partial charge is 0.462 e. The Balaban J connectivity index is 1.46. The van der Waals surface area contributed by atoms with Crippen molar-refractivity contribution in [2.75, 3.05) is 0 Å². The number of esters is 2. The molecule has 0 fully saturated rings. The second kappa shape index (κ2) is 16.9. The third kappa shape index (κ3) is 8.92. The smallest absolute Gasteiger partial charge is 0.306 e. The molecule has 0 aliphatic carbocycles. The lowest BCUT2D eigenvalue weighted by Crippen LogP contribution is -2.36. The maximum absolute atomic E-state index is 12.9. The predicted molar refractivity (Wildman–Crippen MR) is 177 cm³/mol.